The largest absolute Gasteiger partial charge is 0.490 e. The predicted molar refractivity (Wildman–Crippen MR) is 170 cm³/mol. The molecule has 232 valence electrons. The second-order valence-electron chi connectivity index (χ2n) is 11.8. The first-order chi connectivity index (χ1) is 20.8. The summed E-state index contributed by atoms with van der Waals surface area (Å²) in [5.41, 5.74) is 3.95. The van der Waals surface area contributed by atoms with Gasteiger partial charge in [0.05, 0.1) is 48.6 Å². The van der Waals surface area contributed by atoms with E-state index >= 15 is 0 Å². The summed E-state index contributed by atoms with van der Waals surface area (Å²) in [5.74, 6) is 1.20. The van der Waals surface area contributed by atoms with Crippen LogP contribution in [0.3, 0.4) is 0 Å². The third-order valence-electron chi connectivity index (χ3n) is 7.08. The van der Waals surface area contributed by atoms with Crippen LogP contribution in [0.25, 0.3) is 22.8 Å². The lowest BCUT2D eigenvalue weighted by Crippen LogP contribution is -2.40. The van der Waals surface area contributed by atoms with E-state index in [0.717, 1.165) is 5.69 Å². The molecule has 3 N–H and O–H groups in total. The van der Waals surface area contributed by atoms with Crippen molar-refractivity contribution in [3.8, 4) is 34.7 Å². The van der Waals surface area contributed by atoms with Gasteiger partial charge in [0.1, 0.15) is 11.8 Å². The highest BCUT2D eigenvalue weighted by molar-refractivity contribution is 6.74. The van der Waals surface area contributed by atoms with Crippen molar-refractivity contribution in [2.75, 3.05) is 6.61 Å². The number of rotatable bonds is 10. The van der Waals surface area contributed by atoms with Crippen molar-refractivity contribution < 1.29 is 23.9 Å². The average molecular weight is 617 g/mol. The fourth-order valence-electron chi connectivity index (χ4n) is 3.58. The molecule has 12 heteroatoms. The van der Waals surface area contributed by atoms with Gasteiger partial charge in [0.15, 0.2) is 8.32 Å². The molecule has 0 saturated carbocycles. The molecule has 11 nitrogen and oxygen atoms in total. The zero-order valence-corrected chi connectivity index (χ0v) is 27.3. The first kappa shape index (κ1) is 34.2. The SMILES string of the molecule is CC(C)(C)[Si](C)(C)OCc1cc(C(=N)CO)ccn1.CC(C)Oc1ccc(-c2nc(-c3ccnc(CO)c3)no2)cc1C#N. The molecule has 4 aromatic rings. The number of aliphatic hydroxyl groups excluding tert-OH is 2. The number of nitrogens with one attached hydrogen (secondary N) is 1. The van der Waals surface area contributed by atoms with E-state index < -0.39 is 8.32 Å². The number of ether oxygens (including phenoxy) is 1. The summed E-state index contributed by atoms with van der Waals surface area (Å²) in [6.07, 6.45) is 3.20. The molecule has 0 aliphatic carbocycles. The summed E-state index contributed by atoms with van der Waals surface area (Å²) >= 11 is 0. The molecule has 1 aromatic carbocycles. The first-order valence-electron chi connectivity index (χ1n) is 14.2. The van der Waals surface area contributed by atoms with Crippen LogP contribution in [0.2, 0.25) is 18.1 Å². The minimum atomic E-state index is -1.78. The molecule has 4 rings (SSSR count). The van der Waals surface area contributed by atoms with Gasteiger partial charge in [-0.25, -0.2) is 0 Å². The summed E-state index contributed by atoms with van der Waals surface area (Å²) in [6, 6.07) is 14.2. The smallest absolute Gasteiger partial charge is 0.258 e. The molecule has 0 fully saturated rings. The number of nitrogens with zero attached hydrogens (tertiary/aromatic N) is 5. The zero-order valence-electron chi connectivity index (χ0n) is 26.3. The lowest BCUT2D eigenvalue weighted by molar-refractivity contribution is 0.241. The molecule has 0 aliphatic heterocycles. The Morgan fingerprint density at radius 1 is 1.02 bits per heavy atom. The number of benzene rings is 1. The minimum absolute atomic E-state index is 0.0274. The fourth-order valence-corrected chi connectivity index (χ4v) is 4.52. The Balaban J connectivity index is 0.000000251. The second kappa shape index (κ2) is 14.9. The fraction of sp³-hybridized carbons (Fsp3) is 0.375. The molecule has 0 radical (unpaired) electrons. The Labute approximate surface area is 259 Å². The van der Waals surface area contributed by atoms with Crippen molar-refractivity contribution in [2.45, 2.75) is 72.1 Å². The van der Waals surface area contributed by atoms with Crippen molar-refractivity contribution in [2.24, 2.45) is 0 Å². The number of aliphatic hydroxyl groups is 2. The quantitative estimate of drug-likeness (QED) is 0.144. The molecule has 0 bridgehead atoms. The van der Waals surface area contributed by atoms with E-state index in [9.17, 15) is 5.26 Å². The Hall–Kier alpha value is -4.28. The van der Waals surface area contributed by atoms with Gasteiger partial charge in [-0.2, -0.15) is 10.2 Å². The van der Waals surface area contributed by atoms with Crippen LogP contribution in [0.4, 0.5) is 0 Å². The Morgan fingerprint density at radius 3 is 2.36 bits per heavy atom. The summed E-state index contributed by atoms with van der Waals surface area (Å²) in [7, 11) is -1.78. The van der Waals surface area contributed by atoms with Crippen molar-refractivity contribution in [3.63, 3.8) is 0 Å². The molecule has 44 heavy (non-hydrogen) atoms. The average Bonchev–Trinajstić information content (AvgIpc) is 3.50. The standard InChI is InChI=1S/C18H16N4O3.C14H24N2O2Si/c1-11(2)24-16-4-3-13(7-14(16)9-19)18-21-17(22-25-18)12-5-6-20-15(8-12)10-23;1-14(2,3)19(4,5)18-10-12-8-11(6-7-16-12)13(15)9-17/h3-8,11,23H,10H2,1-2H3;6-8,15,17H,9-10H2,1-5H3. The number of hydrogen-bond donors (Lipinski definition) is 3. The van der Waals surface area contributed by atoms with E-state index in [0.29, 0.717) is 52.0 Å². The highest BCUT2D eigenvalue weighted by atomic mass is 28.4. The van der Waals surface area contributed by atoms with Crippen LogP contribution in [-0.2, 0) is 17.6 Å². The molecule has 0 aliphatic rings. The second-order valence-corrected chi connectivity index (χ2v) is 16.6. The normalized spacial score (nSPS) is 11.5. The lowest BCUT2D eigenvalue weighted by atomic mass is 10.1. The molecule has 0 unspecified atom stereocenters. The molecule has 0 atom stereocenters. The maximum atomic E-state index is 9.32. The Morgan fingerprint density at radius 2 is 1.73 bits per heavy atom. The van der Waals surface area contributed by atoms with Gasteiger partial charge in [0, 0.05) is 29.1 Å². The molecule has 3 aromatic heterocycles. The summed E-state index contributed by atoms with van der Waals surface area (Å²) < 4.78 is 17.0. The third-order valence-corrected chi connectivity index (χ3v) is 11.6. The van der Waals surface area contributed by atoms with Gasteiger partial charge in [-0.3, -0.25) is 9.97 Å². The topological polar surface area (TPSA) is 171 Å². The molecular weight excluding hydrogens is 576 g/mol. The van der Waals surface area contributed by atoms with Crippen LogP contribution in [0.1, 0.15) is 57.1 Å². The van der Waals surface area contributed by atoms with E-state index in [-0.39, 0.29) is 30.1 Å². The molecule has 0 spiro atoms. The van der Waals surface area contributed by atoms with Crippen LogP contribution >= 0.6 is 0 Å². The van der Waals surface area contributed by atoms with Gasteiger partial charge in [0.2, 0.25) is 5.82 Å². The van der Waals surface area contributed by atoms with Crippen LogP contribution in [0, 0.1) is 16.7 Å². The Kier molecular flexibility index (Phi) is 11.6. The third kappa shape index (κ3) is 9.11. The summed E-state index contributed by atoms with van der Waals surface area (Å²) in [6.45, 7) is 14.8. The van der Waals surface area contributed by atoms with E-state index in [1.165, 1.54) is 0 Å². The zero-order chi connectivity index (χ0) is 32.5. The highest BCUT2D eigenvalue weighted by Crippen LogP contribution is 2.37. The summed E-state index contributed by atoms with van der Waals surface area (Å²) in [4.78, 5) is 12.6. The van der Waals surface area contributed by atoms with Crippen molar-refractivity contribution in [1.29, 1.82) is 10.7 Å². The van der Waals surface area contributed by atoms with Crippen LogP contribution in [0.5, 0.6) is 5.75 Å². The number of hydrogen-bond acceptors (Lipinski definition) is 11. The van der Waals surface area contributed by atoms with Crippen LogP contribution in [0.15, 0.2) is 59.4 Å². The van der Waals surface area contributed by atoms with Crippen LogP contribution in [-0.4, -0.2) is 57.1 Å². The van der Waals surface area contributed by atoms with Gasteiger partial charge in [0.25, 0.3) is 5.89 Å². The lowest BCUT2D eigenvalue weighted by Gasteiger charge is -2.36. The van der Waals surface area contributed by atoms with E-state index in [4.69, 9.17) is 29.3 Å². The van der Waals surface area contributed by atoms with Gasteiger partial charge < -0.3 is 29.3 Å². The van der Waals surface area contributed by atoms with Crippen LogP contribution < -0.4 is 4.74 Å². The van der Waals surface area contributed by atoms with E-state index in [1.54, 1.807) is 48.8 Å². The first-order valence-corrected chi connectivity index (χ1v) is 17.1. The maximum Gasteiger partial charge on any atom is 0.258 e. The van der Waals surface area contributed by atoms with Gasteiger partial charge in [-0.15, -0.1) is 0 Å². The van der Waals surface area contributed by atoms with Crippen molar-refractivity contribution in [1.82, 2.24) is 20.1 Å². The van der Waals surface area contributed by atoms with Gasteiger partial charge in [-0.05, 0) is 74.4 Å². The van der Waals surface area contributed by atoms with Gasteiger partial charge in [-0.1, -0.05) is 25.9 Å². The number of pyridine rings is 2. The minimum Gasteiger partial charge on any atom is -0.490 e. The molecule has 0 saturated heterocycles. The Bertz CT molecular complexity index is 1610. The van der Waals surface area contributed by atoms with Crippen molar-refractivity contribution >= 4 is 14.0 Å². The monoisotopic (exact) mass is 616 g/mol. The summed E-state index contributed by atoms with van der Waals surface area (Å²) in [5, 5.41) is 39.2. The van der Waals surface area contributed by atoms with E-state index in [2.05, 4.69) is 60.0 Å². The number of nitriles is 1. The van der Waals surface area contributed by atoms with E-state index in [1.807, 2.05) is 19.9 Å². The molecular formula is C32H40N6O5Si. The maximum absolute atomic E-state index is 9.32. The molecule has 3 heterocycles. The molecule has 0 amide bonds. The number of aromatic nitrogens is 4. The predicted octanol–water partition coefficient (Wildman–Crippen LogP) is 5.91. The van der Waals surface area contributed by atoms with Crippen molar-refractivity contribution in [3.05, 3.63) is 77.4 Å². The highest BCUT2D eigenvalue weighted by Gasteiger charge is 2.37. The van der Waals surface area contributed by atoms with Gasteiger partial charge >= 0.3 is 0 Å².